The first-order valence-corrected chi connectivity index (χ1v) is 7.60. The predicted molar refractivity (Wildman–Crippen MR) is 72.4 cm³/mol. The highest BCUT2D eigenvalue weighted by atomic mass is 16.5. The third-order valence-electron chi connectivity index (χ3n) is 4.74. The normalized spacial score (nSPS) is 34.1. The number of hydrogen-bond acceptors (Lipinski definition) is 2. The Morgan fingerprint density at radius 2 is 1.89 bits per heavy atom. The van der Waals surface area contributed by atoms with E-state index >= 15 is 0 Å². The summed E-state index contributed by atoms with van der Waals surface area (Å²) in [5, 5.41) is 0. The van der Waals surface area contributed by atoms with Crippen LogP contribution < -0.4 is 0 Å². The zero-order valence-electron chi connectivity index (χ0n) is 11.9. The average Bonchev–Trinajstić information content (AvgIpc) is 2.63. The molecule has 0 radical (unpaired) electrons. The molecule has 1 saturated carbocycles. The molecule has 2 rings (SSSR count). The summed E-state index contributed by atoms with van der Waals surface area (Å²) in [6.07, 6.45) is 6.94. The molecule has 1 heterocycles. The summed E-state index contributed by atoms with van der Waals surface area (Å²) in [6, 6.07) is 0.351. The van der Waals surface area contributed by atoms with Crippen molar-refractivity contribution < 1.29 is 9.53 Å². The second kappa shape index (κ2) is 6.55. The van der Waals surface area contributed by atoms with E-state index in [1.165, 1.54) is 19.3 Å². The summed E-state index contributed by atoms with van der Waals surface area (Å²) in [4.78, 5) is 14.7. The van der Waals surface area contributed by atoms with E-state index in [0.717, 1.165) is 38.3 Å². The lowest BCUT2D eigenvalue weighted by Gasteiger charge is -2.34. The summed E-state index contributed by atoms with van der Waals surface area (Å²) >= 11 is 0. The molecule has 3 heteroatoms. The minimum atomic E-state index is 0.286. The van der Waals surface area contributed by atoms with E-state index in [4.69, 9.17) is 4.74 Å². The minimum absolute atomic E-state index is 0.286. The maximum absolute atomic E-state index is 12.6. The van der Waals surface area contributed by atoms with Gasteiger partial charge in [-0.3, -0.25) is 4.79 Å². The average molecular weight is 253 g/mol. The van der Waals surface area contributed by atoms with E-state index < -0.39 is 0 Å². The van der Waals surface area contributed by atoms with Crippen LogP contribution in [0.15, 0.2) is 0 Å². The molecule has 0 bridgehead atoms. The Hall–Kier alpha value is -0.570. The van der Waals surface area contributed by atoms with Crippen molar-refractivity contribution in [2.45, 2.75) is 58.4 Å². The summed E-state index contributed by atoms with van der Waals surface area (Å²) in [6.45, 7) is 6.72. The number of carbonyl (C=O) groups excluding carboxylic acids is 1. The van der Waals surface area contributed by atoms with Crippen molar-refractivity contribution in [1.82, 2.24) is 4.90 Å². The molecule has 1 aliphatic carbocycles. The van der Waals surface area contributed by atoms with Gasteiger partial charge in [0, 0.05) is 25.1 Å². The minimum Gasteiger partial charge on any atom is -0.380 e. The van der Waals surface area contributed by atoms with Gasteiger partial charge >= 0.3 is 0 Å². The summed E-state index contributed by atoms with van der Waals surface area (Å²) in [5.74, 6) is 1.54. The van der Waals surface area contributed by atoms with E-state index in [-0.39, 0.29) is 5.92 Å². The number of rotatable bonds is 2. The molecule has 1 atom stereocenters. The molecule has 1 amide bonds. The third-order valence-corrected chi connectivity index (χ3v) is 4.74. The van der Waals surface area contributed by atoms with Crippen LogP contribution >= 0.6 is 0 Å². The van der Waals surface area contributed by atoms with Crippen LogP contribution in [0.4, 0.5) is 0 Å². The van der Waals surface area contributed by atoms with Crippen LogP contribution in [-0.4, -0.2) is 36.6 Å². The fraction of sp³-hybridized carbons (Fsp3) is 0.933. The number of amides is 1. The Labute approximate surface area is 111 Å². The quantitative estimate of drug-likeness (QED) is 0.757. The van der Waals surface area contributed by atoms with E-state index in [1.54, 1.807) is 0 Å². The Balaban J connectivity index is 1.90. The molecule has 0 aromatic rings. The van der Waals surface area contributed by atoms with Crippen molar-refractivity contribution in [3.63, 3.8) is 0 Å². The van der Waals surface area contributed by atoms with Gasteiger partial charge in [0.25, 0.3) is 0 Å². The van der Waals surface area contributed by atoms with Crippen molar-refractivity contribution in [3.8, 4) is 0 Å². The predicted octanol–water partition coefficient (Wildman–Crippen LogP) is 2.84. The molecule has 18 heavy (non-hydrogen) atoms. The van der Waals surface area contributed by atoms with Crippen LogP contribution in [0.3, 0.4) is 0 Å². The Bertz CT molecular complexity index is 272. The first-order valence-electron chi connectivity index (χ1n) is 7.60. The molecule has 2 aliphatic rings. The zero-order valence-corrected chi connectivity index (χ0v) is 11.9. The maximum Gasteiger partial charge on any atom is 0.226 e. The van der Waals surface area contributed by atoms with Gasteiger partial charge in [-0.2, -0.15) is 0 Å². The molecule has 0 unspecified atom stereocenters. The van der Waals surface area contributed by atoms with Crippen LogP contribution in [0.1, 0.15) is 52.4 Å². The molecule has 0 N–H and O–H groups in total. The van der Waals surface area contributed by atoms with Gasteiger partial charge in [0.15, 0.2) is 0 Å². The topological polar surface area (TPSA) is 29.5 Å². The Morgan fingerprint density at radius 3 is 2.56 bits per heavy atom. The van der Waals surface area contributed by atoms with Gasteiger partial charge in [-0.1, -0.05) is 13.3 Å². The summed E-state index contributed by atoms with van der Waals surface area (Å²) in [5.41, 5.74) is 0. The molecular weight excluding hydrogens is 226 g/mol. The zero-order chi connectivity index (χ0) is 13.0. The number of nitrogens with zero attached hydrogens (tertiary/aromatic N) is 1. The SMILES string of the molecule is CCC1CCC(C(=O)N2CCOCC[C@@H]2C)CC1. The first-order chi connectivity index (χ1) is 8.72. The highest BCUT2D eigenvalue weighted by Gasteiger charge is 2.31. The lowest BCUT2D eigenvalue weighted by atomic mass is 9.80. The molecule has 104 valence electrons. The van der Waals surface area contributed by atoms with Crippen molar-refractivity contribution in [2.24, 2.45) is 11.8 Å². The van der Waals surface area contributed by atoms with Crippen LogP contribution in [0.2, 0.25) is 0 Å². The molecular formula is C15H27NO2. The number of carbonyl (C=O) groups is 1. The molecule has 3 nitrogen and oxygen atoms in total. The standard InChI is InChI=1S/C15H27NO2/c1-3-13-4-6-14(7-5-13)15(17)16-9-11-18-10-8-12(16)2/h12-14H,3-11H2,1-2H3/t12-,13?,14?/m0/s1. The lowest BCUT2D eigenvalue weighted by molar-refractivity contribution is -0.138. The van der Waals surface area contributed by atoms with Crippen LogP contribution in [-0.2, 0) is 9.53 Å². The molecule has 1 aliphatic heterocycles. The Kier molecular flexibility index (Phi) is 5.04. The van der Waals surface area contributed by atoms with Crippen LogP contribution in [0, 0.1) is 11.8 Å². The van der Waals surface area contributed by atoms with Gasteiger partial charge < -0.3 is 9.64 Å². The van der Waals surface area contributed by atoms with Gasteiger partial charge in [-0.25, -0.2) is 0 Å². The van der Waals surface area contributed by atoms with Crippen molar-refractivity contribution in [2.75, 3.05) is 19.8 Å². The fourth-order valence-corrected chi connectivity index (χ4v) is 3.27. The molecule has 1 saturated heterocycles. The Morgan fingerprint density at radius 1 is 1.17 bits per heavy atom. The highest BCUT2D eigenvalue weighted by Crippen LogP contribution is 2.32. The lowest BCUT2D eigenvalue weighted by Crippen LogP contribution is -2.43. The second-order valence-corrected chi connectivity index (χ2v) is 5.91. The van der Waals surface area contributed by atoms with Gasteiger partial charge in [0.05, 0.1) is 6.61 Å². The molecule has 0 spiro atoms. The van der Waals surface area contributed by atoms with Crippen molar-refractivity contribution >= 4 is 5.91 Å². The van der Waals surface area contributed by atoms with Gasteiger partial charge in [0.1, 0.15) is 0 Å². The van der Waals surface area contributed by atoms with Crippen molar-refractivity contribution in [1.29, 1.82) is 0 Å². The van der Waals surface area contributed by atoms with Crippen LogP contribution in [0.5, 0.6) is 0 Å². The molecule has 0 aromatic heterocycles. The summed E-state index contributed by atoms with van der Waals surface area (Å²) in [7, 11) is 0. The fourth-order valence-electron chi connectivity index (χ4n) is 3.27. The number of hydrogen-bond donors (Lipinski definition) is 0. The highest BCUT2D eigenvalue weighted by molar-refractivity contribution is 5.79. The smallest absolute Gasteiger partial charge is 0.226 e. The van der Waals surface area contributed by atoms with Gasteiger partial charge in [-0.15, -0.1) is 0 Å². The van der Waals surface area contributed by atoms with E-state index in [1.807, 2.05) is 0 Å². The van der Waals surface area contributed by atoms with E-state index in [0.29, 0.717) is 18.6 Å². The number of ether oxygens (including phenoxy) is 1. The largest absolute Gasteiger partial charge is 0.380 e. The monoisotopic (exact) mass is 253 g/mol. The molecule has 2 fully saturated rings. The summed E-state index contributed by atoms with van der Waals surface area (Å²) < 4.78 is 5.47. The second-order valence-electron chi connectivity index (χ2n) is 5.91. The van der Waals surface area contributed by atoms with Gasteiger partial charge in [-0.05, 0) is 44.9 Å². The van der Waals surface area contributed by atoms with Gasteiger partial charge in [0.2, 0.25) is 5.91 Å². The first kappa shape index (κ1) is 13.9. The third kappa shape index (κ3) is 3.25. The maximum atomic E-state index is 12.6. The molecule has 0 aromatic carbocycles. The van der Waals surface area contributed by atoms with Crippen molar-refractivity contribution in [3.05, 3.63) is 0 Å². The van der Waals surface area contributed by atoms with E-state index in [9.17, 15) is 4.79 Å². The van der Waals surface area contributed by atoms with E-state index in [2.05, 4.69) is 18.7 Å². The van der Waals surface area contributed by atoms with Crippen LogP contribution in [0.25, 0.3) is 0 Å².